The highest BCUT2D eigenvalue weighted by Crippen LogP contribution is 2.29. The van der Waals surface area contributed by atoms with Crippen molar-refractivity contribution in [1.82, 2.24) is 29.7 Å². The number of ether oxygens (including phenoxy) is 2. The fraction of sp³-hybridized carbons (Fsp3) is 0.182. The normalized spacial score (nSPS) is 11.4. The Morgan fingerprint density at radius 3 is 2.66 bits per heavy atom. The van der Waals surface area contributed by atoms with Crippen LogP contribution in [0.2, 0.25) is 0 Å². The number of hydrogen-bond donors (Lipinski definition) is 1. The number of methoxy groups -OCH3 is 1. The van der Waals surface area contributed by atoms with Gasteiger partial charge in [0.15, 0.2) is 5.75 Å². The molecule has 4 rings (SSSR count). The Balaban J connectivity index is 1.52. The molecule has 0 spiro atoms. The van der Waals surface area contributed by atoms with Crippen LogP contribution in [0.5, 0.6) is 11.5 Å². The molecule has 0 aliphatic heterocycles. The lowest BCUT2D eigenvalue weighted by Gasteiger charge is -2.16. The first-order valence-corrected chi connectivity index (χ1v) is 9.77. The van der Waals surface area contributed by atoms with Gasteiger partial charge in [0.25, 0.3) is 0 Å². The second-order valence-corrected chi connectivity index (χ2v) is 6.87. The molecule has 32 heavy (non-hydrogen) atoms. The summed E-state index contributed by atoms with van der Waals surface area (Å²) in [6.07, 6.45) is 9.55. The molecule has 4 aromatic rings. The van der Waals surface area contributed by atoms with Crippen molar-refractivity contribution in [2.45, 2.75) is 19.6 Å². The van der Waals surface area contributed by atoms with E-state index in [1.165, 1.54) is 6.33 Å². The van der Waals surface area contributed by atoms with E-state index in [-0.39, 0.29) is 6.10 Å². The summed E-state index contributed by atoms with van der Waals surface area (Å²) in [5.74, 6) is 1.50. The molecular weight excluding hydrogens is 408 g/mol. The molecule has 3 heterocycles. The molecule has 3 aromatic heterocycles. The van der Waals surface area contributed by atoms with E-state index < -0.39 is 0 Å². The molecule has 1 aromatic carbocycles. The molecule has 0 saturated heterocycles. The first kappa shape index (κ1) is 20.7. The minimum atomic E-state index is -0.211. The Morgan fingerprint density at radius 2 is 1.94 bits per heavy atom. The van der Waals surface area contributed by atoms with Gasteiger partial charge >= 0.3 is 0 Å². The number of rotatable bonds is 8. The molecule has 160 valence electrons. The number of nitrogens with one attached hydrogen (secondary N) is 1. The smallest absolute Gasteiger partial charge is 0.227 e. The maximum atomic E-state index is 9.46. The van der Waals surface area contributed by atoms with E-state index in [1.807, 2.05) is 19.1 Å². The van der Waals surface area contributed by atoms with Gasteiger partial charge in [-0.1, -0.05) is 6.07 Å². The van der Waals surface area contributed by atoms with Gasteiger partial charge in [-0.05, 0) is 30.7 Å². The SMILES string of the molecule is COc1cnccc1Nc1ncc(-c2ccc(C#N)c(OC(C)Cn3cncn3)c2)cn1. The van der Waals surface area contributed by atoms with Gasteiger partial charge in [-0.25, -0.2) is 19.6 Å². The number of nitrogens with zero attached hydrogens (tertiary/aromatic N) is 7. The zero-order chi connectivity index (χ0) is 22.3. The van der Waals surface area contributed by atoms with E-state index >= 15 is 0 Å². The highest BCUT2D eigenvalue weighted by Gasteiger charge is 2.12. The second kappa shape index (κ2) is 9.53. The summed E-state index contributed by atoms with van der Waals surface area (Å²) < 4.78 is 13.0. The first-order valence-electron chi connectivity index (χ1n) is 9.77. The third-order valence-corrected chi connectivity index (χ3v) is 4.58. The van der Waals surface area contributed by atoms with E-state index in [2.05, 4.69) is 36.4 Å². The van der Waals surface area contributed by atoms with Crippen LogP contribution in [0.1, 0.15) is 12.5 Å². The van der Waals surface area contributed by atoms with Gasteiger partial charge in [0.05, 0.1) is 31.1 Å². The summed E-state index contributed by atoms with van der Waals surface area (Å²) in [5, 5.41) is 16.7. The van der Waals surface area contributed by atoms with Crippen LogP contribution >= 0.6 is 0 Å². The summed E-state index contributed by atoms with van der Waals surface area (Å²) >= 11 is 0. The topological polar surface area (TPSA) is 124 Å². The highest BCUT2D eigenvalue weighted by molar-refractivity contribution is 5.67. The standard InChI is InChI=1S/C22H20N8O2/c1-15(12-30-14-25-13-28-30)32-20-7-16(3-4-17(20)8-23)18-9-26-22(27-10-18)29-19-5-6-24-11-21(19)31-2/h3-7,9-11,13-15H,12H2,1-2H3,(H,24,26,27,29). The number of pyridine rings is 1. The van der Waals surface area contributed by atoms with Crippen LogP contribution in [0.3, 0.4) is 0 Å². The highest BCUT2D eigenvalue weighted by atomic mass is 16.5. The van der Waals surface area contributed by atoms with Crippen molar-refractivity contribution in [2.24, 2.45) is 0 Å². The van der Waals surface area contributed by atoms with Crippen LogP contribution < -0.4 is 14.8 Å². The Hall–Kier alpha value is -4.52. The van der Waals surface area contributed by atoms with Crippen molar-refractivity contribution in [2.75, 3.05) is 12.4 Å². The molecule has 0 amide bonds. The van der Waals surface area contributed by atoms with E-state index in [4.69, 9.17) is 9.47 Å². The van der Waals surface area contributed by atoms with Crippen molar-refractivity contribution >= 4 is 11.6 Å². The van der Waals surface area contributed by atoms with E-state index in [0.29, 0.717) is 35.2 Å². The van der Waals surface area contributed by atoms with E-state index in [9.17, 15) is 5.26 Å². The summed E-state index contributed by atoms with van der Waals surface area (Å²) in [7, 11) is 1.57. The van der Waals surface area contributed by atoms with Crippen LogP contribution in [0.15, 0.2) is 61.7 Å². The van der Waals surface area contributed by atoms with Gasteiger partial charge in [0.2, 0.25) is 5.95 Å². The molecule has 1 unspecified atom stereocenters. The number of nitriles is 1. The van der Waals surface area contributed by atoms with Gasteiger partial charge in [-0.2, -0.15) is 10.4 Å². The number of aromatic nitrogens is 6. The molecule has 0 aliphatic rings. The fourth-order valence-electron chi connectivity index (χ4n) is 3.04. The zero-order valence-corrected chi connectivity index (χ0v) is 17.5. The molecule has 0 bridgehead atoms. The summed E-state index contributed by atoms with van der Waals surface area (Å²) in [6, 6.07) is 9.32. The predicted octanol–water partition coefficient (Wildman–Crippen LogP) is 3.22. The van der Waals surface area contributed by atoms with E-state index in [0.717, 1.165) is 11.1 Å². The minimum Gasteiger partial charge on any atom is -0.493 e. The zero-order valence-electron chi connectivity index (χ0n) is 17.5. The van der Waals surface area contributed by atoms with Crippen LogP contribution in [0, 0.1) is 11.3 Å². The molecule has 0 fully saturated rings. The predicted molar refractivity (Wildman–Crippen MR) is 116 cm³/mol. The number of hydrogen-bond acceptors (Lipinski definition) is 9. The molecule has 0 radical (unpaired) electrons. The Labute approximate surface area is 184 Å². The molecular formula is C22H20N8O2. The second-order valence-electron chi connectivity index (χ2n) is 6.87. The average molecular weight is 428 g/mol. The van der Waals surface area contributed by atoms with Gasteiger partial charge in [-0.3, -0.25) is 4.98 Å². The lowest BCUT2D eigenvalue weighted by Crippen LogP contribution is -2.20. The van der Waals surface area contributed by atoms with Gasteiger partial charge in [0.1, 0.15) is 30.6 Å². The molecule has 1 N–H and O–H groups in total. The molecule has 0 aliphatic carbocycles. The Morgan fingerprint density at radius 1 is 1.09 bits per heavy atom. The van der Waals surface area contributed by atoms with Crippen LogP contribution in [0.4, 0.5) is 11.6 Å². The quantitative estimate of drug-likeness (QED) is 0.450. The lowest BCUT2D eigenvalue weighted by atomic mass is 10.1. The van der Waals surface area contributed by atoms with Crippen molar-refractivity contribution in [3.63, 3.8) is 0 Å². The third kappa shape index (κ3) is 4.79. The molecule has 0 saturated carbocycles. The van der Waals surface area contributed by atoms with Crippen LogP contribution in [0.25, 0.3) is 11.1 Å². The van der Waals surface area contributed by atoms with Gasteiger partial charge in [-0.15, -0.1) is 0 Å². The lowest BCUT2D eigenvalue weighted by molar-refractivity contribution is 0.193. The van der Waals surface area contributed by atoms with Gasteiger partial charge in [0, 0.05) is 24.2 Å². The number of anilines is 2. The van der Waals surface area contributed by atoms with Crippen LogP contribution in [-0.2, 0) is 6.54 Å². The maximum absolute atomic E-state index is 9.46. The molecule has 10 heteroatoms. The minimum absolute atomic E-state index is 0.211. The van der Waals surface area contributed by atoms with E-state index in [1.54, 1.807) is 55.0 Å². The fourth-order valence-corrected chi connectivity index (χ4v) is 3.04. The third-order valence-electron chi connectivity index (χ3n) is 4.58. The average Bonchev–Trinajstić information content (AvgIpc) is 3.33. The van der Waals surface area contributed by atoms with Crippen molar-refractivity contribution in [1.29, 1.82) is 5.26 Å². The summed E-state index contributed by atoms with van der Waals surface area (Å²) in [5.41, 5.74) is 2.78. The Bertz CT molecular complexity index is 1220. The van der Waals surface area contributed by atoms with Crippen molar-refractivity contribution in [3.8, 4) is 28.7 Å². The Kier molecular flexibility index (Phi) is 6.17. The summed E-state index contributed by atoms with van der Waals surface area (Å²) in [6.45, 7) is 2.42. The molecule has 10 nitrogen and oxygen atoms in total. The maximum Gasteiger partial charge on any atom is 0.227 e. The van der Waals surface area contributed by atoms with Crippen LogP contribution in [-0.4, -0.2) is 42.9 Å². The number of benzene rings is 1. The summed E-state index contributed by atoms with van der Waals surface area (Å²) in [4.78, 5) is 16.7. The van der Waals surface area contributed by atoms with Crippen molar-refractivity contribution < 1.29 is 9.47 Å². The van der Waals surface area contributed by atoms with Crippen molar-refractivity contribution in [3.05, 3.63) is 67.3 Å². The molecule has 1 atom stereocenters. The monoisotopic (exact) mass is 428 g/mol. The van der Waals surface area contributed by atoms with Gasteiger partial charge < -0.3 is 14.8 Å². The largest absolute Gasteiger partial charge is 0.493 e. The first-order chi connectivity index (χ1) is 15.7.